The van der Waals surface area contributed by atoms with E-state index in [1.54, 1.807) is 7.11 Å². The zero-order chi connectivity index (χ0) is 13.4. The lowest BCUT2D eigenvalue weighted by molar-refractivity contribution is 0.179. The van der Waals surface area contributed by atoms with Crippen molar-refractivity contribution >= 4 is 5.96 Å². The quantitative estimate of drug-likeness (QED) is 0.593. The summed E-state index contributed by atoms with van der Waals surface area (Å²) in [5.41, 5.74) is 8.35. The molecule has 0 amide bonds. The van der Waals surface area contributed by atoms with Gasteiger partial charge in [0.1, 0.15) is 0 Å². The third-order valence-electron chi connectivity index (χ3n) is 2.58. The van der Waals surface area contributed by atoms with Crippen LogP contribution >= 0.6 is 0 Å². The number of rotatable bonds is 6. The second-order valence-electron chi connectivity index (χ2n) is 4.51. The van der Waals surface area contributed by atoms with Crippen LogP contribution in [-0.4, -0.2) is 32.3 Å². The van der Waals surface area contributed by atoms with Gasteiger partial charge in [0.15, 0.2) is 5.96 Å². The molecule has 0 saturated heterocycles. The fraction of sp³-hybridized carbons (Fsp3) is 0.500. The van der Waals surface area contributed by atoms with Crippen LogP contribution in [0.1, 0.15) is 18.1 Å². The van der Waals surface area contributed by atoms with Gasteiger partial charge in [-0.1, -0.05) is 29.8 Å². The second-order valence-corrected chi connectivity index (χ2v) is 4.51. The molecule has 1 aromatic carbocycles. The number of aliphatic imine (C=N–C) groups is 1. The van der Waals surface area contributed by atoms with Crippen molar-refractivity contribution in [3.8, 4) is 0 Å². The average Bonchev–Trinajstić information content (AvgIpc) is 2.29. The van der Waals surface area contributed by atoms with Gasteiger partial charge in [0.05, 0.1) is 6.61 Å². The first-order valence-electron chi connectivity index (χ1n) is 6.22. The number of benzene rings is 1. The number of hydrogen-bond acceptors (Lipinski definition) is 2. The Labute approximate surface area is 109 Å². The van der Waals surface area contributed by atoms with Crippen molar-refractivity contribution in [3.63, 3.8) is 0 Å². The normalized spacial score (nSPS) is 13.4. The van der Waals surface area contributed by atoms with E-state index in [0.717, 1.165) is 6.42 Å². The van der Waals surface area contributed by atoms with Crippen molar-refractivity contribution < 1.29 is 4.74 Å². The summed E-state index contributed by atoms with van der Waals surface area (Å²) in [6.45, 7) is 5.41. The number of nitrogens with two attached hydrogens (primary N) is 1. The molecular formula is C14H23N3O. The number of ether oxygens (including phenoxy) is 1. The van der Waals surface area contributed by atoms with Crippen LogP contribution in [0.3, 0.4) is 0 Å². The fourth-order valence-corrected chi connectivity index (χ4v) is 1.76. The molecule has 0 bridgehead atoms. The lowest BCUT2D eigenvalue weighted by Crippen LogP contribution is -2.40. The number of guanidine groups is 1. The van der Waals surface area contributed by atoms with Gasteiger partial charge in [0.25, 0.3) is 0 Å². The van der Waals surface area contributed by atoms with Crippen molar-refractivity contribution in [2.75, 3.05) is 20.3 Å². The van der Waals surface area contributed by atoms with Crippen LogP contribution in [-0.2, 0) is 11.2 Å². The predicted octanol–water partition coefficient (Wildman–Crippen LogP) is 1.48. The lowest BCUT2D eigenvalue weighted by atomic mass is 10.1. The van der Waals surface area contributed by atoms with Crippen LogP contribution in [0.4, 0.5) is 0 Å². The number of aryl methyl sites for hydroxylation is 1. The van der Waals surface area contributed by atoms with Crippen LogP contribution < -0.4 is 11.1 Å². The fourth-order valence-electron chi connectivity index (χ4n) is 1.76. The smallest absolute Gasteiger partial charge is 0.188 e. The van der Waals surface area contributed by atoms with Gasteiger partial charge < -0.3 is 15.8 Å². The third kappa shape index (κ3) is 5.68. The first-order valence-corrected chi connectivity index (χ1v) is 6.22. The zero-order valence-corrected chi connectivity index (χ0v) is 11.4. The van der Waals surface area contributed by atoms with Gasteiger partial charge in [-0.25, -0.2) is 0 Å². The topological polar surface area (TPSA) is 59.6 Å². The number of nitrogens with zero attached hydrogens (tertiary/aromatic N) is 1. The van der Waals surface area contributed by atoms with E-state index in [4.69, 9.17) is 10.5 Å². The van der Waals surface area contributed by atoms with Gasteiger partial charge in [-0.3, -0.25) is 4.99 Å². The molecule has 1 unspecified atom stereocenters. The summed E-state index contributed by atoms with van der Waals surface area (Å²) >= 11 is 0. The summed E-state index contributed by atoms with van der Waals surface area (Å²) in [4.78, 5) is 4.30. The van der Waals surface area contributed by atoms with Crippen molar-refractivity contribution in [1.29, 1.82) is 0 Å². The molecule has 1 atom stereocenters. The molecule has 0 aliphatic carbocycles. The molecular weight excluding hydrogens is 226 g/mol. The summed E-state index contributed by atoms with van der Waals surface area (Å²) in [5.74, 6) is 0.479. The maximum atomic E-state index is 5.78. The van der Waals surface area contributed by atoms with E-state index in [-0.39, 0.29) is 6.04 Å². The molecule has 0 aliphatic rings. The highest BCUT2D eigenvalue weighted by Crippen LogP contribution is 2.04. The maximum Gasteiger partial charge on any atom is 0.188 e. The van der Waals surface area contributed by atoms with Gasteiger partial charge >= 0.3 is 0 Å². The van der Waals surface area contributed by atoms with Crippen molar-refractivity contribution in [1.82, 2.24) is 5.32 Å². The zero-order valence-electron chi connectivity index (χ0n) is 11.4. The molecule has 0 aromatic heterocycles. The molecule has 3 N–H and O–H groups in total. The van der Waals surface area contributed by atoms with Gasteiger partial charge in [-0.05, 0) is 25.8 Å². The van der Waals surface area contributed by atoms with E-state index in [1.807, 2.05) is 6.92 Å². The van der Waals surface area contributed by atoms with Crippen LogP contribution in [0.2, 0.25) is 0 Å². The molecule has 1 aromatic rings. The minimum absolute atomic E-state index is 0.178. The Morgan fingerprint density at radius 1 is 1.50 bits per heavy atom. The molecule has 0 aliphatic heterocycles. The molecule has 4 heteroatoms. The molecule has 0 radical (unpaired) electrons. The highest BCUT2D eigenvalue weighted by molar-refractivity contribution is 5.78. The molecule has 4 nitrogen and oxygen atoms in total. The summed E-state index contributed by atoms with van der Waals surface area (Å²) in [6.07, 6.45) is 0.905. The first kappa shape index (κ1) is 14.5. The average molecular weight is 249 g/mol. The van der Waals surface area contributed by atoms with Gasteiger partial charge in [0, 0.05) is 19.7 Å². The summed E-state index contributed by atoms with van der Waals surface area (Å²) in [5, 5.41) is 3.08. The Kier molecular flexibility index (Phi) is 6.22. The van der Waals surface area contributed by atoms with E-state index in [1.165, 1.54) is 11.1 Å². The summed E-state index contributed by atoms with van der Waals surface area (Å²) < 4.78 is 5.02. The van der Waals surface area contributed by atoms with Crippen LogP contribution in [0, 0.1) is 6.92 Å². The maximum absolute atomic E-state index is 5.78. The standard InChI is InChI=1S/C14H23N3O/c1-11-5-4-6-13(9-11)7-8-16-14(15)17-12(2)10-18-3/h4-6,9,12H,7-8,10H2,1-3H3,(H3,15,16,17). The molecule has 18 heavy (non-hydrogen) atoms. The van der Waals surface area contributed by atoms with Crippen molar-refractivity contribution in [3.05, 3.63) is 35.4 Å². The van der Waals surface area contributed by atoms with Crippen LogP contribution in [0.15, 0.2) is 29.3 Å². The van der Waals surface area contributed by atoms with Gasteiger partial charge in [0.2, 0.25) is 0 Å². The Bertz CT molecular complexity index is 390. The van der Waals surface area contributed by atoms with Crippen molar-refractivity contribution in [2.45, 2.75) is 26.3 Å². The number of hydrogen-bond donors (Lipinski definition) is 2. The van der Waals surface area contributed by atoms with Gasteiger partial charge in [-0.2, -0.15) is 0 Å². The molecule has 0 fully saturated rings. The molecule has 0 heterocycles. The largest absolute Gasteiger partial charge is 0.383 e. The minimum atomic E-state index is 0.178. The monoisotopic (exact) mass is 249 g/mol. The van der Waals surface area contributed by atoms with Gasteiger partial charge in [-0.15, -0.1) is 0 Å². The molecule has 0 spiro atoms. The van der Waals surface area contributed by atoms with E-state index >= 15 is 0 Å². The summed E-state index contributed by atoms with van der Waals surface area (Å²) in [7, 11) is 1.67. The Hall–Kier alpha value is -1.55. The van der Waals surface area contributed by atoms with E-state index in [9.17, 15) is 0 Å². The predicted molar refractivity (Wildman–Crippen MR) is 75.8 cm³/mol. The summed E-state index contributed by atoms with van der Waals surface area (Å²) in [6, 6.07) is 8.62. The molecule has 0 saturated carbocycles. The second kappa shape index (κ2) is 7.71. The Balaban J connectivity index is 2.35. The SMILES string of the molecule is COCC(C)NC(N)=NCCc1cccc(C)c1. The minimum Gasteiger partial charge on any atom is -0.383 e. The molecule has 100 valence electrons. The van der Waals surface area contributed by atoms with E-state index in [0.29, 0.717) is 19.1 Å². The third-order valence-corrected chi connectivity index (χ3v) is 2.58. The van der Waals surface area contributed by atoms with E-state index in [2.05, 4.69) is 41.5 Å². The highest BCUT2D eigenvalue weighted by Gasteiger charge is 2.01. The van der Waals surface area contributed by atoms with Crippen molar-refractivity contribution in [2.24, 2.45) is 10.7 Å². The van der Waals surface area contributed by atoms with Crippen LogP contribution in [0.5, 0.6) is 0 Å². The number of nitrogens with one attached hydrogen (secondary N) is 1. The molecule has 1 rings (SSSR count). The van der Waals surface area contributed by atoms with E-state index < -0.39 is 0 Å². The Morgan fingerprint density at radius 2 is 2.28 bits per heavy atom. The lowest BCUT2D eigenvalue weighted by Gasteiger charge is -2.13. The van der Waals surface area contributed by atoms with Crippen LogP contribution in [0.25, 0.3) is 0 Å². The Morgan fingerprint density at radius 3 is 2.94 bits per heavy atom. The highest BCUT2D eigenvalue weighted by atomic mass is 16.5. The number of methoxy groups -OCH3 is 1. The first-order chi connectivity index (χ1) is 8.61.